The summed E-state index contributed by atoms with van der Waals surface area (Å²) in [7, 11) is -2.52. The molecule has 0 bridgehead atoms. The molecule has 0 unspecified atom stereocenters. The van der Waals surface area contributed by atoms with Gasteiger partial charge in [0.25, 0.3) is 0 Å². The summed E-state index contributed by atoms with van der Waals surface area (Å²) in [6, 6.07) is 14.7. The van der Waals surface area contributed by atoms with Crippen LogP contribution in [0.5, 0.6) is 5.75 Å². The van der Waals surface area contributed by atoms with E-state index in [0.29, 0.717) is 25.3 Å². The second-order valence-electron chi connectivity index (χ2n) is 12.0. The van der Waals surface area contributed by atoms with Gasteiger partial charge >= 0.3 is 6.09 Å². The van der Waals surface area contributed by atoms with Crippen LogP contribution < -0.4 is 15.8 Å². The number of carbonyl (C=O) groups is 1. The number of alkyl carbamates (subject to hydrolysis) is 1. The van der Waals surface area contributed by atoms with Crippen LogP contribution in [0.3, 0.4) is 0 Å². The number of ether oxygens (including phenoxy) is 4. The Labute approximate surface area is 254 Å². The van der Waals surface area contributed by atoms with E-state index in [2.05, 4.69) is 5.32 Å². The summed E-state index contributed by atoms with van der Waals surface area (Å²) < 4.78 is 51.3. The fourth-order valence-corrected chi connectivity index (χ4v) is 7.29. The van der Waals surface area contributed by atoms with E-state index in [-0.39, 0.29) is 43.2 Å². The van der Waals surface area contributed by atoms with Crippen LogP contribution in [0, 0.1) is 11.3 Å². The number of methoxy groups -OCH3 is 1. The van der Waals surface area contributed by atoms with Crippen LogP contribution in [0.4, 0.5) is 4.79 Å². The molecule has 2 aromatic carbocycles. The van der Waals surface area contributed by atoms with Gasteiger partial charge in [-0.3, -0.25) is 0 Å². The van der Waals surface area contributed by atoms with Crippen molar-refractivity contribution in [2.75, 3.05) is 40.0 Å². The van der Waals surface area contributed by atoms with Crippen LogP contribution in [-0.4, -0.2) is 88.4 Å². The summed E-state index contributed by atoms with van der Waals surface area (Å²) in [4.78, 5) is 13.2. The van der Waals surface area contributed by atoms with E-state index >= 15 is 0 Å². The van der Waals surface area contributed by atoms with E-state index in [1.54, 1.807) is 12.1 Å². The lowest BCUT2D eigenvalue weighted by molar-refractivity contribution is -0.0907. The van der Waals surface area contributed by atoms with E-state index in [9.17, 15) is 18.3 Å². The molecule has 0 radical (unpaired) electrons. The maximum absolute atomic E-state index is 14.0. The number of carbonyl (C=O) groups excluding carboxylic acids is 1. The number of hydrogen-bond donors (Lipinski definition) is 3. The monoisotopic (exact) mass is 619 g/mol. The SMILES string of the molecule is COc1ccc(S(=O)(=O)N(C[C@H](O)[C@H](Cc2ccccc2)NC(=O)O[C@H]2CO[C@H]3OCC[C@H]32)CC(C)(C)CCCN)cc1. The van der Waals surface area contributed by atoms with E-state index in [4.69, 9.17) is 24.7 Å². The lowest BCUT2D eigenvalue weighted by Crippen LogP contribution is -2.52. The number of sulfonamides is 1. The first-order valence-electron chi connectivity index (χ1n) is 14.8. The number of nitrogens with two attached hydrogens (primary N) is 1. The van der Waals surface area contributed by atoms with Gasteiger partial charge in [-0.15, -0.1) is 0 Å². The van der Waals surface area contributed by atoms with Crippen molar-refractivity contribution in [1.29, 1.82) is 0 Å². The molecule has 2 aliphatic rings. The number of fused-ring (bicyclic) bond motifs is 1. The van der Waals surface area contributed by atoms with Gasteiger partial charge in [-0.1, -0.05) is 44.2 Å². The summed E-state index contributed by atoms with van der Waals surface area (Å²) in [6.07, 6.45) is -0.366. The average molecular weight is 620 g/mol. The molecule has 0 spiro atoms. The Morgan fingerprint density at radius 3 is 2.56 bits per heavy atom. The van der Waals surface area contributed by atoms with Crippen molar-refractivity contribution in [1.82, 2.24) is 9.62 Å². The van der Waals surface area contributed by atoms with Gasteiger partial charge in [0.05, 0.1) is 43.3 Å². The third kappa shape index (κ3) is 8.90. The second-order valence-corrected chi connectivity index (χ2v) is 13.9. The zero-order valence-corrected chi connectivity index (χ0v) is 26.0. The van der Waals surface area contributed by atoms with Gasteiger partial charge in [0.15, 0.2) is 6.29 Å². The van der Waals surface area contributed by atoms with E-state index in [1.165, 1.54) is 23.5 Å². The largest absolute Gasteiger partial charge is 0.497 e. The zero-order chi connectivity index (χ0) is 31.0. The Bertz CT molecular complexity index is 1280. The molecule has 5 atom stereocenters. The predicted octanol–water partition coefficient (Wildman–Crippen LogP) is 2.91. The highest BCUT2D eigenvalue weighted by Gasteiger charge is 2.44. The summed E-state index contributed by atoms with van der Waals surface area (Å²) in [5.41, 5.74) is 6.19. The van der Waals surface area contributed by atoms with Crippen LogP contribution in [-0.2, 0) is 30.7 Å². The molecule has 11 nitrogen and oxygen atoms in total. The van der Waals surface area contributed by atoms with Crippen LogP contribution in [0.15, 0.2) is 59.5 Å². The molecule has 2 fully saturated rings. The van der Waals surface area contributed by atoms with Crippen molar-refractivity contribution < 1.29 is 37.3 Å². The highest BCUT2D eigenvalue weighted by atomic mass is 32.2. The standard InChI is InChI=1S/C31H45N3O8S/c1-31(2,15-7-16-32)21-34(43(37,38)24-12-10-23(39-3)11-13-24)19-27(35)26(18-22-8-5-4-6-9-22)33-30(36)42-28-20-41-29-25(28)14-17-40-29/h4-6,8-13,25-29,35H,7,14-21,32H2,1-3H3,(H,33,36)/t25-,26-,27-,28-,29+/m0/s1. The molecule has 0 aromatic heterocycles. The molecule has 1 amide bonds. The third-order valence-corrected chi connectivity index (χ3v) is 9.89. The van der Waals surface area contributed by atoms with Crippen molar-refractivity contribution in [3.8, 4) is 5.75 Å². The summed E-state index contributed by atoms with van der Waals surface area (Å²) in [5, 5.41) is 14.4. The number of nitrogens with one attached hydrogen (secondary N) is 1. The highest BCUT2D eigenvalue weighted by Crippen LogP contribution is 2.33. The maximum atomic E-state index is 14.0. The van der Waals surface area contributed by atoms with Crippen molar-refractivity contribution in [2.45, 2.75) is 69.0 Å². The van der Waals surface area contributed by atoms with Gasteiger partial charge in [-0.05, 0) is 67.5 Å². The number of rotatable bonds is 15. The van der Waals surface area contributed by atoms with E-state index < -0.39 is 39.8 Å². The van der Waals surface area contributed by atoms with E-state index in [0.717, 1.165) is 18.4 Å². The summed E-state index contributed by atoms with van der Waals surface area (Å²) in [6.45, 7) is 5.13. The van der Waals surface area contributed by atoms with Crippen LogP contribution in [0.2, 0.25) is 0 Å². The molecule has 2 heterocycles. The van der Waals surface area contributed by atoms with Crippen LogP contribution in [0.25, 0.3) is 0 Å². The molecule has 12 heteroatoms. The Balaban J connectivity index is 1.56. The van der Waals surface area contributed by atoms with E-state index in [1.807, 2.05) is 44.2 Å². The second kappa shape index (κ2) is 14.8. The van der Waals surface area contributed by atoms with Gasteiger partial charge < -0.3 is 35.1 Å². The quantitative estimate of drug-likeness (QED) is 0.274. The molecule has 43 heavy (non-hydrogen) atoms. The molecule has 0 aliphatic carbocycles. The van der Waals surface area contributed by atoms with Crippen molar-refractivity contribution in [3.05, 3.63) is 60.2 Å². The lowest BCUT2D eigenvalue weighted by Gasteiger charge is -2.35. The van der Waals surface area contributed by atoms with Crippen molar-refractivity contribution in [3.63, 3.8) is 0 Å². The molecule has 0 saturated carbocycles. The molecule has 4 N–H and O–H groups in total. The maximum Gasteiger partial charge on any atom is 0.407 e. The van der Waals surface area contributed by atoms with Gasteiger partial charge in [0.2, 0.25) is 10.0 Å². The molecular formula is C31H45N3O8S. The number of hydrogen-bond acceptors (Lipinski definition) is 9. The lowest BCUT2D eigenvalue weighted by atomic mass is 9.87. The number of aliphatic hydroxyl groups is 1. The Hall–Kier alpha value is -2.74. The molecule has 4 rings (SSSR count). The Morgan fingerprint density at radius 1 is 1.16 bits per heavy atom. The van der Waals surface area contributed by atoms with Gasteiger partial charge in [-0.2, -0.15) is 4.31 Å². The van der Waals surface area contributed by atoms with Gasteiger partial charge in [0, 0.05) is 13.1 Å². The smallest absolute Gasteiger partial charge is 0.407 e. The normalized spacial score (nSPS) is 21.8. The minimum atomic E-state index is -4.03. The summed E-state index contributed by atoms with van der Waals surface area (Å²) in [5.74, 6) is 0.492. The number of nitrogens with zero attached hydrogens (tertiary/aromatic N) is 1. The van der Waals surface area contributed by atoms with Crippen LogP contribution >= 0.6 is 0 Å². The summed E-state index contributed by atoms with van der Waals surface area (Å²) >= 11 is 0. The van der Waals surface area contributed by atoms with Crippen molar-refractivity contribution in [2.24, 2.45) is 17.1 Å². The third-order valence-electron chi connectivity index (χ3n) is 8.06. The number of aliphatic hydroxyl groups excluding tert-OH is 1. The number of amides is 1. The fraction of sp³-hybridized carbons (Fsp3) is 0.581. The Kier molecular flexibility index (Phi) is 11.4. The first kappa shape index (κ1) is 33.2. The highest BCUT2D eigenvalue weighted by molar-refractivity contribution is 7.89. The molecule has 2 aromatic rings. The zero-order valence-electron chi connectivity index (χ0n) is 25.2. The molecule has 2 saturated heterocycles. The van der Waals surface area contributed by atoms with Gasteiger partial charge in [0.1, 0.15) is 11.9 Å². The van der Waals surface area contributed by atoms with Crippen molar-refractivity contribution >= 4 is 16.1 Å². The minimum Gasteiger partial charge on any atom is -0.497 e. The first-order chi connectivity index (χ1) is 20.5. The fourth-order valence-electron chi connectivity index (χ4n) is 5.64. The predicted molar refractivity (Wildman–Crippen MR) is 161 cm³/mol. The molecular weight excluding hydrogens is 574 g/mol. The average Bonchev–Trinajstić information content (AvgIpc) is 3.61. The first-order valence-corrected chi connectivity index (χ1v) is 16.2. The molecule has 238 valence electrons. The molecule has 2 aliphatic heterocycles. The number of benzene rings is 2. The van der Waals surface area contributed by atoms with Crippen LogP contribution in [0.1, 0.15) is 38.7 Å². The Morgan fingerprint density at radius 2 is 1.88 bits per heavy atom. The van der Waals surface area contributed by atoms with Gasteiger partial charge in [-0.25, -0.2) is 13.2 Å². The topological polar surface area (TPSA) is 150 Å². The minimum absolute atomic E-state index is 0.0378.